The maximum Gasteiger partial charge on any atom is 0.276 e. The van der Waals surface area contributed by atoms with Crippen molar-refractivity contribution in [3.05, 3.63) is 75.0 Å². The van der Waals surface area contributed by atoms with Crippen molar-refractivity contribution in [3.63, 3.8) is 0 Å². The molecule has 1 atom stereocenters. The summed E-state index contributed by atoms with van der Waals surface area (Å²) in [5.74, 6) is -6.19. The number of hydrogen-bond acceptors (Lipinski definition) is 5. The van der Waals surface area contributed by atoms with Gasteiger partial charge in [-0.15, -0.1) is 0 Å². The number of aromatic nitrogens is 1. The fourth-order valence-electron chi connectivity index (χ4n) is 2.99. The smallest absolute Gasteiger partial charge is 0.276 e. The zero-order valence-corrected chi connectivity index (χ0v) is 16.6. The molecular weight excluding hydrogens is 417 g/mol. The third-order valence-electron chi connectivity index (χ3n) is 4.89. The van der Waals surface area contributed by atoms with Crippen LogP contribution in [0.15, 0.2) is 35.3 Å². The number of amides is 2. The number of halogens is 3. The molecule has 1 aliphatic heterocycles. The molecule has 2 aromatic rings. The van der Waals surface area contributed by atoms with Crippen LogP contribution >= 0.6 is 0 Å². The molecule has 3 N–H and O–H groups in total. The van der Waals surface area contributed by atoms with Gasteiger partial charge in [-0.05, 0) is 6.92 Å². The minimum Gasteiger partial charge on any atom is -0.502 e. The second-order valence-electron chi connectivity index (χ2n) is 6.92. The molecule has 0 radical (unpaired) electrons. The lowest BCUT2D eigenvalue weighted by atomic mass is 10.1. The first kappa shape index (κ1) is 21.9. The molecule has 1 unspecified atom stereocenters. The molecule has 1 aromatic carbocycles. The van der Waals surface area contributed by atoms with Crippen LogP contribution in [0.2, 0.25) is 0 Å². The number of aromatic hydroxyl groups is 1. The minimum absolute atomic E-state index is 0.216. The van der Waals surface area contributed by atoms with E-state index in [9.17, 15) is 32.7 Å². The van der Waals surface area contributed by atoms with Crippen molar-refractivity contribution in [1.29, 1.82) is 0 Å². The Morgan fingerprint density at radius 3 is 2.55 bits per heavy atom. The van der Waals surface area contributed by atoms with Crippen molar-refractivity contribution in [1.82, 2.24) is 14.9 Å². The topological polar surface area (TPSA) is 104 Å². The summed E-state index contributed by atoms with van der Waals surface area (Å²) in [6.45, 7) is 1.29. The van der Waals surface area contributed by atoms with Gasteiger partial charge in [0.2, 0.25) is 5.43 Å². The monoisotopic (exact) mass is 436 g/mol. The normalized spacial score (nSPS) is 17.1. The molecular formula is C20H19F3N4O4. The molecule has 1 aliphatic rings. The number of benzene rings is 1. The van der Waals surface area contributed by atoms with Gasteiger partial charge in [0.1, 0.15) is 23.0 Å². The molecule has 0 saturated heterocycles. The lowest BCUT2D eigenvalue weighted by Gasteiger charge is -2.23. The van der Waals surface area contributed by atoms with Crippen LogP contribution in [0.25, 0.3) is 0 Å². The molecule has 0 spiro atoms. The number of fused-ring (bicyclic) bond motifs is 1. The molecule has 0 aliphatic carbocycles. The minimum atomic E-state index is -1.21. The van der Waals surface area contributed by atoms with Crippen molar-refractivity contribution in [2.24, 2.45) is 0 Å². The van der Waals surface area contributed by atoms with Crippen molar-refractivity contribution < 1.29 is 27.9 Å². The average Bonchev–Trinajstić information content (AvgIpc) is 2.75. The summed E-state index contributed by atoms with van der Waals surface area (Å²) in [4.78, 5) is 39.1. The quantitative estimate of drug-likeness (QED) is 0.633. The summed E-state index contributed by atoms with van der Waals surface area (Å²) < 4.78 is 41.6. The fraction of sp³-hybridized carbons (Fsp3) is 0.250. The van der Waals surface area contributed by atoms with Crippen LogP contribution in [0.3, 0.4) is 0 Å². The van der Waals surface area contributed by atoms with Crippen LogP contribution in [-0.4, -0.2) is 46.1 Å². The van der Waals surface area contributed by atoms with E-state index in [-0.39, 0.29) is 18.3 Å². The van der Waals surface area contributed by atoms with Crippen LogP contribution < -0.4 is 16.2 Å². The van der Waals surface area contributed by atoms with Gasteiger partial charge in [0, 0.05) is 50.1 Å². The second kappa shape index (κ2) is 8.54. The van der Waals surface area contributed by atoms with E-state index in [0.717, 1.165) is 10.9 Å². The predicted molar refractivity (Wildman–Crippen MR) is 105 cm³/mol. The molecule has 11 heteroatoms. The highest BCUT2D eigenvalue weighted by Gasteiger charge is 2.28. The number of hydrogen-bond donors (Lipinski definition) is 3. The van der Waals surface area contributed by atoms with Crippen LogP contribution in [0.4, 0.5) is 13.2 Å². The summed E-state index contributed by atoms with van der Waals surface area (Å²) in [5, 5.41) is 12.5. The van der Waals surface area contributed by atoms with Crippen molar-refractivity contribution in [3.8, 4) is 5.75 Å². The Labute approximate surface area is 174 Å². The van der Waals surface area contributed by atoms with Crippen LogP contribution in [0.1, 0.15) is 33.3 Å². The highest BCUT2D eigenvalue weighted by Crippen LogP contribution is 2.18. The Hall–Kier alpha value is -3.76. The molecule has 8 nitrogen and oxygen atoms in total. The van der Waals surface area contributed by atoms with Gasteiger partial charge in [0.15, 0.2) is 11.4 Å². The molecule has 1 aromatic heterocycles. The summed E-state index contributed by atoms with van der Waals surface area (Å²) >= 11 is 0. The lowest BCUT2D eigenvalue weighted by molar-refractivity contribution is 0.0755. The van der Waals surface area contributed by atoms with Crippen molar-refractivity contribution >= 4 is 11.8 Å². The Balaban J connectivity index is 1.95. The predicted octanol–water partition coefficient (Wildman–Crippen LogP) is 1.47. The van der Waals surface area contributed by atoms with Crippen LogP contribution in [-0.2, 0) is 6.54 Å². The Kier molecular flexibility index (Phi) is 6.04. The van der Waals surface area contributed by atoms with Gasteiger partial charge in [0.25, 0.3) is 11.8 Å². The summed E-state index contributed by atoms with van der Waals surface area (Å²) in [6.07, 6.45) is 4.48. The first-order chi connectivity index (χ1) is 14.6. The summed E-state index contributed by atoms with van der Waals surface area (Å²) in [7, 11) is 1.49. The molecule has 2 amide bonds. The third kappa shape index (κ3) is 4.25. The summed E-state index contributed by atoms with van der Waals surface area (Å²) in [5.41, 5.74) is 0.115. The number of carbonyl (C=O) groups excluding carboxylic acids is 2. The number of pyridine rings is 1. The molecule has 3 rings (SSSR count). The van der Waals surface area contributed by atoms with Gasteiger partial charge < -0.3 is 20.7 Å². The second-order valence-corrected chi connectivity index (χ2v) is 6.92. The largest absolute Gasteiger partial charge is 0.502 e. The van der Waals surface area contributed by atoms with Gasteiger partial charge >= 0.3 is 0 Å². The molecule has 0 saturated carbocycles. The molecule has 0 bridgehead atoms. The van der Waals surface area contributed by atoms with Crippen molar-refractivity contribution in [2.45, 2.75) is 19.5 Å². The van der Waals surface area contributed by atoms with Crippen molar-refractivity contribution in [2.75, 3.05) is 19.0 Å². The Morgan fingerprint density at radius 2 is 1.90 bits per heavy atom. The molecule has 2 heterocycles. The highest BCUT2D eigenvalue weighted by atomic mass is 19.1. The average molecular weight is 436 g/mol. The number of rotatable bonds is 3. The first-order valence-corrected chi connectivity index (χ1v) is 9.19. The van der Waals surface area contributed by atoms with Gasteiger partial charge in [-0.1, -0.05) is 12.2 Å². The van der Waals surface area contributed by atoms with Gasteiger partial charge in [0.05, 0.1) is 0 Å². The van der Waals surface area contributed by atoms with Crippen LogP contribution in [0, 0.1) is 17.5 Å². The number of nitrogens with zero attached hydrogens (tertiary/aromatic N) is 2. The van der Waals surface area contributed by atoms with Crippen LogP contribution in [0.5, 0.6) is 5.75 Å². The first-order valence-electron chi connectivity index (χ1n) is 9.19. The Bertz CT molecular complexity index is 1120. The zero-order valence-electron chi connectivity index (χ0n) is 16.6. The van der Waals surface area contributed by atoms with E-state index >= 15 is 0 Å². The van der Waals surface area contributed by atoms with Gasteiger partial charge in [-0.3, -0.25) is 19.1 Å². The number of nitrogens with one attached hydrogen (secondary N) is 2. The van der Waals surface area contributed by atoms with E-state index in [1.807, 2.05) is 0 Å². The third-order valence-corrected chi connectivity index (χ3v) is 4.89. The lowest BCUT2D eigenvalue weighted by Crippen LogP contribution is -2.38. The standard InChI is InChI=1S/C20H19F3N4O4/c1-10-4-3-5-25-27-9-13(17(28)18(29)16(27)20(31)26(10)2)19(30)24-8-12-14(22)6-11(21)7-15(12)23/h3-4,6-7,9-10,25,29H,5,8H2,1-2H3,(H,24,30)/b4-3-. The van der Waals surface area contributed by atoms with Gasteiger partial charge in [-0.2, -0.15) is 0 Å². The maximum absolute atomic E-state index is 13.8. The fourth-order valence-corrected chi connectivity index (χ4v) is 2.99. The summed E-state index contributed by atoms with van der Waals surface area (Å²) in [6, 6.07) is 0.596. The molecule has 164 valence electrons. The molecule has 0 fully saturated rings. The maximum atomic E-state index is 13.8. The van der Waals surface area contributed by atoms with E-state index in [2.05, 4.69) is 10.7 Å². The van der Waals surface area contributed by atoms with E-state index in [4.69, 9.17) is 0 Å². The highest BCUT2D eigenvalue weighted by molar-refractivity contribution is 5.98. The van der Waals surface area contributed by atoms with E-state index in [1.54, 1.807) is 19.1 Å². The Morgan fingerprint density at radius 1 is 1.26 bits per heavy atom. The number of likely N-dealkylation sites (N-methyl/N-ethyl adjacent to an activating group) is 1. The zero-order chi connectivity index (χ0) is 22.9. The van der Waals surface area contributed by atoms with Gasteiger partial charge in [-0.25, -0.2) is 13.2 Å². The van der Waals surface area contributed by atoms with E-state index in [0.29, 0.717) is 12.1 Å². The van der Waals surface area contributed by atoms with E-state index < -0.39 is 58.1 Å². The number of carbonyl (C=O) groups is 2. The molecule has 31 heavy (non-hydrogen) atoms. The van der Waals surface area contributed by atoms with E-state index in [1.165, 1.54) is 11.9 Å². The SMILES string of the molecule is CC1/C=C\CNn2cc(C(=O)NCc3c(F)cc(F)cc3F)c(=O)c(O)c2C(=O)N1C.